The van der Waals surface area contributed by atoms with Crippen LogP contribution in [0.4, 0.5) is 0 Å². The van der Waals surface area contributed by atoms with E-state index in [2.05, 4.69) is 22.8 Å². The first-order valence-electron chi connectivity index (χ1n) is 9.74. The van der Waals surface area contributed by atoms with Gasteiger partial charge in [-0.2, -0.15) is 0 Å². The third kappa shape index (κ3) is 7.04. The van der Waals surface area contributed by atoms with E-state index >= 15 is 0 Å². The van der Waals surface area contributed by atoms with Crippen LogP contribution < -0.4 is 10.6 Å². The molecule has 1 saturated carbocycles. The van der Waals surface area contributed by atoms with Gasteiger partial charge < -0.3 is 15.4 Å². The average Bonchev–Trinajstić information content (AvgIpc) is 2.62. The van der Waals surface area contributed by atoms with Crippen molar-refractivity contribution in [2.24, 2.45) is 0 Å². The lowest BCUT2D eigenvalue weighted by Crippen LogP contribution is -2.46. The molecule has 0 bridgehead atoms. The molecular weight excluding hydrogens is 344 g/mol. The van der Waals surface area contributed by atoms with Gasteiger partial charge in [0.2, 0.25) is 5.91 Å². The van der Waals surface area contributed by atoms with Crippen molar-refractivity contribution in [3.8, 4) is 0 Å². The molecule has 148 valence electrons. The van der Waals surface area contributed by atoms with E-state index in [9.17, 15) is 14.4 Å². The van der Waals surface area contributed by atoms with Crippen LogP contribution >= 0.6 is 0 Å². The summed E-state index contributed by atoms with van der Waals surface area (Å²) in [4.78, 5) is 34.5. The molecule has 0 atom stereocenters. The Morgan fingerprint density at radius 3 is 2.41 bits per heavy atom. The van der Waals surface area contributed by atoms with Crippen molar-refractivity contribution in [1.82, 2.24) is 10.6 Å². The van der Waals surface area contributed by atoms with Gasteiger partial charge in [-0.05, 0) is 31.2 Å². The summed E-state index contributed by atoms with van der Waals surface area (Å²) in [6.07, 6.45) is 5.95. The summed E-state index contributed by atoms with van der Waals surface area (Å²) in [6.45, 7) is 2.46. The van der Waals surface area contributed by atoms with Crippen LogP contribution in [0.1, 0.15) is 57.4 Å². The summed E-state index contributed by atoms with van der Waals surface area (Å²) in [5.41, 5.74) is 1.28. The summed E-state index contributed by atoms with van der Waals surface area (Å²) >= 11 is 0. The molecule has 0 spiro atoms. The lowest BCUT2D eigenvalue weighted by molar-refractivity contribution is -0.148. The number of ether oxygens (including phenoxy) is 1. The number of hydrogen-bond donors (Lipinski definition) is 2. The molecule has 2 rings (SSSR count). The van der Waals surface area contributed by atoms with Crippen LogP contribution in [-0.4, -0.2) is 37.5 Å². The largest absolute Gasteiger partial charge is 0.456 e. The van der Waals surface area contributed by atoms with Crippen LogP contribution in [0.25, 0.3) is 0 Å². The maximum atomic E-state index is 12.0. The normalized spacial score (nSPS) is 14.7. The fourth-order valence-corrected chi connectivity index (χ4v) is 3.34. The predicted octanol–water partition coefficient (Wildman–Crippen LogP) is 2.46. The lowest BCUT2D eigenvalue weighted by Gasteiger charge is -2.42. The molecule has 27 heavy (non-hydrogen) atoms. The number of esters is 1. The standard InChI is InChI=1S/C21H30N2O4/c1-17(24)22-14-7-3-6-11-20(26)27-15-19(25)23-16-21(12-8-13-21)18-9-4-2-5-10-18/h2,4-5,9-10H,3,6-8,11-16H2,1H3,(H,22,24)(H,23,25). The highest BCUT2D eigenvalue weighted by Gasteiger charge is 2.38. The molecule has 2 N–H and O–H groups in total. The fourth-order valence-electron chi connectivity index (χ4n) is 3.34. The molecular formula is C21H30N2O4. The minimum absolute atomic E-state index is 0.0227. The summed E-state index contributed by atoms with van der Waals surface area (Å²) < 4.78 is 5.05. The van der Waals surface area contributed by atoms with Crippen LogP contribution in [-0.2, 0) is 24.5 Å². The molecule has 1 fully saturated rings. The SMILES string of the molecule is CC(=O)NCCCCCC(=O)OCC(=O)NCC1(c2ccccc2)CCC1. The van der Waals surface area contributed by atoms with E-state index in [1.807, 2.05) is 18.2 Å². The van der Waals surface area contributed by atoms with Crippen LogP contribution in [0.3, 0.4) is 0 Å². The van der Waals surface area contributed by atoms with E-state index in [0.717, 1.165) is 25.7 Å². The molecule has 0 unspecified atom stereocenters. The zero-order chi connectivity index (χ0) is 19.5. The lowest BCUT2D eigenvalue weighted by atomic mass is 9.64. The van der Waals surface area contributed by atoms with E-state index in [0.29, 0.717) is 25.9 Å². The molecule has 0 saturated heterocycles. The second-order valence-corrected chi connectivity index (χ2v) is 7.23. The molecule has 0 heterocycles. The molecule has 1 aliphatic carbocycles. The van der Waals surface area contributed by atoms with Gasteiger partial charge in [-0.25, -0.2) is 0 Å². The van der Waals surface area contributed by atoms with E-state index < -0.39 is 0 Å². The van der Waals surface area contributed by atoms with Crippen molar-refractivity contribution in [1.29, 1.82) is 0 Å². The van der Waals surface area contributed by atoms with E-state index in [1.54, 1.807) is 0 Å². The summed E-state index contributed by atoms with van der Waals surface area (Å²) in [6, 6.07) is 10.3. The number of nitrogens with one attached hydrogen (secondary N) is 2. The highest BCUT2D eigenvalue weighted by atomic mass is 16.5. The van der Waals surface area contributed by atoms with Gasteiger partial charge in [0, 0.05) is 31.8 Å². The first kappa shape index (κ1) is 20.9. The minimum Gasteiger partial charge on any atom is -0.456 e. The van der Waals surface area contributed by atoms with Crippen molar-refractivity contribution in [2.45, 2.75) is 57.3 Å². The Hall–Kier alpha value is -2.37. The van der Waals surface area contributed by atoms with Crippen molar-refractivity contribution in [3.63, 3.8) is 0 Å². The van der Waals surface area contributed by atoms with Crippen LogP contribution in [0.15, 0.2) is 30.3 Å². The van der Waals surface area contributed by atoms with Gasteiger partial charge in [-0.3, -0.25) is 14.4 Å². The number of amides is 2. The number of carbonyl (C=O) groups excluding carboxylic acids is 3. The van der Waals surface area contributed by atoms with Crippen LogP contribution in [0.2, 0.25) is 0 Å². The first-order valence-corrected chi connectivity index (χ1v) is 9.74. The predicted molar refractivity (Wildman–Crippen MR) is 103 cm³/mol. The van der Waals surface area contributed by atoms with Crippen molar-refractivity contribution in [3.05, 3.63) is 35.9 Å². The van der Waals surface area contributed by atoms with Gasteiger partial charge >= 0.3 is 5.97 Å². The topological polar surface area (TPSA) is 84.5 Å². The van der Waals surface area contributed by atoms with Crippen molar-refractivity contribution in [2.75, 3.05) is 19.7 Å². The molecule has 6 heteroatoms. The number of carbonyl (C=O) groups is 3. The zero-order valence-corrected chi connectivity index (χ0v) is 16.1. The second kappa shape index (κ2) is 10.7. The van der Waals surface area contributed by atoms with Gasteiger partial charge in [-0.1, -0.05) is 43.2 Å². The zero-order valence-electron chi connectivity index (χ0n) is 16.1. The summed E-state index contributed by atoms with van der Waals surface area (Å²) in [5, 5.41) is 5.63. The molecule has 0 radical (unpaired) electrons. The molecule has 6 nitrogen and oxygen atoms in total. The number of unbranched alkanes of at least 4 members (excludes halogenated alkanes) is 2. The number of benzene rings is 1. The van der Waals surface area contributed by atoms with Crippen LogP contribution in [0, 0.1) is 0 Å². The third-order valence-corrected chi connectivity index (χ3v) is 5.12. The van der Waals surface area contributed by atoms with E-state index in [4.69, 9.17) is 4.74 Å². The Labute approximate surface area is 161 Å². The van der Waals surface area contributed by atoms with Gasteiger partial charge in [-0.15, -0.1) is 0 Å². The third-order valence-electron chi connectivity index (χ3n) is 5.12. The molecule has 0 aliphatic heterocycles. The highest BCUT2D eigenvalue weighted by Crippen LogP contribution is 2.43. The monoisotopic (exact) mass is 374 g/mol. The molecule has 1 aromatic carbocycles. The van der Waals surface area contributed by atoms with E-state index in [-0.39, 0.29) is 29.8 Å². The Balaban J connectivity index is 1.59. The smallest absolute Gasteiger partial charge is 0.306 e. The van der Waals surface area contributed by atoms with Crippen molar-refractivity contribution >= 4 is 17.8 Å². The molecule has 1 aromatic rings. The van der Waals surface area contributed by atoms with Crippen LogP contribution in [0.5, 0.6) is 0 Å². The van der Waals surface area contributed by atoms with Gasteiger partial charge in [0.1, 0.15) is 0 Å². The first-order chi connectivity index (χ1) is 13.0. The molecule has 0 aromatic heterocycles. The van der Waals surface area contributed by atoms with Gasteiger partial charge in [0.25, 0.3) is 5.91 Å². The number of hydrogen-bond acceptors (Lipinski definition) is 4. The van der Waals surface area contributed by atoms with Crippen molar-refractivity contribution < 1.29 is 19.1 Å². The minimum atomic E-state index is -0.355. The summed E-state index contributed by atoms with van der Waals surface area (Å²) in [5.74, 6) is -0.654. The second-order valence-electron chi connectivity index (χ2n) is 7.23. The Kier molecular flexibility index (Phi) is 8.30. The molecule has 1 aliphatic rings. The molecule has 2 amide bonds. The average molecular weight is 374 g/mol. The van der Waals surface area contributed by atoms with Gasteiger partial charge in [0.05, 0.1) is 0 Å². The maximum absolute atomic E-state index is 12.0. The summed E-state index contributed by atoms with van der Waals surface area (Å²) in [7, 11) is 0. The number of rotatable bonds is 11. The highest BCUT2D eigenvalue weighted by molar-refractivity contribution is 5.80. The Morgan fingerprint density at radius 1 is 1.04 bits per heavy atom. The van der Waals surface area contributed by atoms with Gasteiger partial charge in [0.15, 0.2) is 6.61 Å². The van der Waals surface area contributed by atoms with E-state index in [1.165, 1.54) is 18.9 Å². The Bertz CT molecular complexity index is 626. The maximum Gasteiger partial charge on any atom is 0.306 e. The Morgan fingerprint density at radius 2 is 1.78 bits per heavy atom. The fraction of sp³-hybridized carbons (Fsp3) is 0.571. The quantitative estimate of drug-likeness (QED) is 0.460.